The molecule has 0 saturated carbocycles. The van der Waals surface area contributed by atoms with Gasteiger partial charge in [0, 0.05) is 18.4 Å². The molecule has 1 unspecified atom stereocenters. The van der Waals surface area contributed by atoms with Crippen LogP contribution < -0.4 is 11.6 Å². The average Bonchev–Trinajstić information content (AvgIpc) is 2.58. The molecule has 1 saturated heterocycles. The molecule has 1 aliphatic rings. The molecular formula is C11H20N4O. The quantitative estimate of drug-likeness (QED) is 0.740. The summed E-state index contributed by atoms with van der Waals surface area (Å²) in [6, 6.07) is 0. The van der Waals surface area contributed by atoms with Gasteiger partial charge in [0.05, 0.1) is 12.3 Å². The van der Waals surface area contributed by atoms with E-state index in [-0.39, 0.29) is 5.92 Å². The van der Waals surface area contributed by atoms with E-state index in [1.807, 2.05) is 0 Å². The van der Waals surface area contributed by atoms with Crippen molar-refractivity contribution in [3.8, 4) is 0 Å². The molecule has 1 aromatic rings. The third kappa shape index (κ3) is 1.87. The lowest BCUT2D eigenvalue weighted by Crippen LogP contribution is -2.19. The Morgan fingerprint density at radius 1 is 1.50 bits per heavy atom. The van der Waals surface area contributed by atoms with Crippen molar-refractivity contribution in [2.24, 2.45) is 0 Å². The van der Waals surface area contributed by atoms with E-state index in [0.717, 1.165) is 31.0 Å². The van der Waals surface area contributed by atoms with Crippen molar-refractivity contribution in [2.45, 2.75) is 38.5 Å². The lowest BCUT2D eigenvalue weighted by molar-refractivity contribution is 0.0796. The van der Waals surface area contributed by atoms with Gasteiger partial charge < -0.3 is 16.3 Å². The number of nitrogens with two attached hydrogens (primary N) is 2. The monoisotopic (exact) mass is 224 g/mol. The van der Waals surface area contributed by atoms with Crippen LogP contribution in [0.3, 0.4) is 0 Å². The molecule has 1 fully saturated rings. The number of nitrogens with zero attached hydrogens (tertiary/aromatic N) is 2. The van der Waals surface area contributed by atoms with Gasteiger partial charge >= 0.3 is 0 Å². The molecule has 5 heteroatoms. The second-order valence-electron chi connectivity index (χ2n) is 4.68. The minimum absolute atomic E-state index is 0.283. The fourth-order valence-corrected chi connectivity index (χ4v) is 2.15. The van der Waals surface area contributed by atoms with E-state index in [4.69, 9.17) is 16.3 Å². The molecule has 2 heterocycles. The highest BCUT2D eigenvalue weighted by atomic mass is 16.5. The molecule has 2 rings (SSSR count). The Bertz CT molecular complexity index is 366. The van der Waals surface area contributed by atoms with Crippen molar-refractivity contribution in [3.63, 3.8) is 0 Å². The zero-order valence-corrected chi connectivity index (χ0v) is 9.94. The fourth-order valence-electron chi connectivity index (χ4n) is 2.15. The molecule has 4 N–H and O–H groups in total. The van der Waals surface area contributed by atoms with Crippen molar-refractivity contribution in [1.82, 2.24) is 9.66 Å². The van der Waals surface area contributed by atoms with Crippen LogP contribution in [0.4, 0.5) is 5.82 Å². The summed E-state index contributed by atoms with van der Waals surface area (Å²) < 4.78 is 6.96. The molecule has 0 radical (unpaired) electrons. The van der Waals surface area contributed by atoms with E-state index in [0.29, 0.717) is 18.3 Å². The standard InChI is InChI=1S/C11H20N4O/c1-7(2)11-14-9(10(12)15(11)13)8-4-3-5-16-6-8/h7-8H,3-6,12-13H2,1-2H3. The van der Waals surface area contributed by atoms with Gasteiger partial charge in [0.2, 0.25) is 0 Å². The Morgan fingerprint density at radius 3 is 2.75 bits per heavy atom. The molecular weight excluding hydrogens is 204 g/mol. The maximum atomic E-state index is 5.99. The summed E-state index contributed by atoms with van der Waals surface area (Å²) in [7, 11) is 0. The number of hydrogen-bond donors (Lipinski definition) is 2. The summed E-state index contributed by atoms with van der Waals surface area (Å²) in [6.45, 7) is 5.67. The highest BCUT2D eigenvalue weighted by Crippen LogP contribution is 2.30. The molecule has 5 nitrogen and oxygen atoms in total. The van der Waals surface area contributed by atoms with E-state index in [1.165, 1.54) is 4.68 Å². The second-order valence-corrected chi connectivity index (χ2v) is 4.68. The van der Waals surface area contributed by atoms with Crippen LogP contribution in [0.2, 0.25) is 0 Å². The summed E-state index contributed by atoms with van der Waals surface area (Å²) in [6.07, 6.45) is 2.15. The maximum Gasteiger partial charge on any atom is 0.146 e. The van der Waals surface area contributed by atoms with Crippen LogP contribution in [0.1, 0.15) is 50.0 Å². The van der Waals surface area contributed by atoms with E-state index < -0.39 is 0 Å². The number of aromatic nitrogens is 2. The molecule has 0 aromatic carbocycles. The second kappa shape index (κ2) is 4.33. The number of hydrogen-bond acceptors (Lipinski definition) is 4. The molecule has 16 heavy (non-hydrogen) atoms. The number of rotatable bonds is 2. The number of ether oxygens (including phenoxy) is 1. The number of anilines is 1. The minimum Gasteiger partial charge on any atom is -0.382 e. The Balaban J connectivity index is 2.30. The Hall–Kier alpha value is -1.23. The zero-order chi connectivity index (χ0) is 11.7. The van der Waals surface area contributed by atoms with Crippen LogP contribution >= 0.6 is 0 Å². The normalized spacial score (nSPS) is 21.6. The third-order valence-electron chi connectivity index (χ3n) is 3.07. The van der Waals surface area contributed by atoms with E-state index in [1.54, 1.807) is 0 Å². The van der Waals surface area contributed by atoms with Crippen molar-refractivity contribution >= 4 is 5.82 Å². The zero-order valence-electron chi connectivity index (χ0n) is 9.94. The number of nitrogen functional groups attached to an aromatic ring is 2. The van der Waals surface area contributed by atoms with Crippen molar-refractivity contribution < 1.29 is 4.74 Å². The fraction of sp³-hybridized carbons (Fsp3) is 0.727. The van der Waals surface area contributed by atoms with Gasteiger partial charge in [0.15, 0.2) is 0 Å². The van der Waals surface area contributed by atoms with Crippen LogP contribution in [0.5, 0.6) is 0 Å². The highest BCUT2D eigenvalue weighted by molar-refractivity contribution is 5.41. The van der Waals surface area contributed by atoms with Crippen LogP contribution in [-0.2, 0) is 4.74 Å². The minimum atomic E-state index is 0.283. The predicted molar refractivity (Wildman–Crippen MR) is 63.7 cm³/mol. The van der Waals surface area contributed by atoms with Crippen molar-refractivity contribution in [1.29, 1.82) is 0 Å². The van der Waals surface area contributed by atoms with Gasteiger partial charge in [-0.3, -0.25) is 0 Å². The average molecular weight is 224 g/mol. The molecule has 1 aliphatic heterocycles. The lowest BCUT2D eigenvalue weighted by atomic mass is 9.99. The molecule has 0 spiro atoms. The van der Waals surface area contributed by atoms with Crippen LogP contribution in [0.15, 0.2) is 0 Å². The molecule has 0 bridgehead atoms. The summed E-state index contributed by atoms with van der Waals surface area (Å²) in [5.74, 6) is 7.91. The summed E-state index contributed by atoms with van der Waals surface area (Å²) >= 11 is 0. The molecule has 1 aromatic heterocycles. The van der Waals surface area contributed by atoms with Crippen molar-refractivity contribution in [2.75, 3.05) is 24.8 Å². The molecule has 90 valence electrons. The lowest BCUT2D eigenvalue weighted by Gasteiger charge is -2.20. The summed E-state index contributed by atoms with van der Waals surface area (Å²) in [5.41, 5.74) is 6.90. The van der Waals surface area contributed by atoms with Gasteiger partial charge in [-0.1, -0.05) is 13.8 Å². The summed E-state index contributed by atoms with van der Waals surface area (Å²) in [5, 5.41) is 0. The third-order valence-corrected chi connectivity index (χ3v) is 3.07. The first-order chi connectivity index (χ1) is 7.61. The Kier molecular flexibility index (Phi) is 3.05. The van der Waals surface area contributed by atoms with Gasteiger partial charge in [-0.05, 0) is 12.8 Å². The van der Waals surface area contributed by atoms with Gasteiger partial charge in [-0.25, -0.2) is 9.66 Å². The topological polar surface area (TPSA) is 79.1 Å². The Labute approximate surface area is 95.7 Å². The van der Waals surface area contributed by atoms with E-state index in [9.17, 15) is 0 Å². The van der Waals surface area contributed by atoms with Gasteiger partial charge in [-0.2, -0.15) is 0 Å². The van der Waals surface area contributed by atoms with Crippen molar-refractivity contribution in [3.05, 3.63) is 11.5 Å². The molecule has 0 aliphatic carbocycles. The van der Waals surface area contributed by atoms with Gasteiger partial charge in [0.25, 0.3) is 0 Å². The molecule has 1 atom stereocenters. The van der Waals surface area contributed by atoms with Crippen LogP contribution in [-0.4, -0.2) is 22.9 Å². The highest BCUT2D eigenvalue weighted by Gasteiger charge is 2.24. The first-order valence-electron chi connectivity index (χ1n) is 5.82. The Morgan fingerprint density at radius 2 is 2.25 bits per heavy atom. The number of imidazole rings is 1. The van der Waals surface area contributed by atoms with Crippen LogP contribution in [0.25, 0.3) is 0 Å². The van der Waals surface area contributed by atoms with E-state index in [2.05, 4.69) is 18.8 Å². The van der Waals surface area contributed by atoms with Gasteiger partial charge in [-0.15, -0.1) is 0 Å². The summed E-state index contributed by atoms with van der Waals surface area (Å²) in [4.78, 5) is 4.57. The SMILES string of the molecule is CC(C)c1nc(C2CCCOC2)c(N)n1N. The molecule has 0 amide bonds. The smallest absolute Gasteiger partial charge is 0.146 e. The van der Waals surface area contributed by atoms with Gasteiger partial charge in [0.1, 0.15) is 11.6 Å². The largest absolute Gasteiger partial charge is 0.382 e. The predicted octanol–water partition coefficient (Wildman–Crippen LogP) is 1.20. The first kappa shape index (κ1) is 11.3. The first-order valence-corrected chi connectivity index (χ1v) is 5.82. The maximum absolute atomic E-state index is 5.99. The van der Waals surface area contributed by atoms with E-state index >= 15 is 0 Å². The van der Waals surface area contributed by atoms with Crippen LogP contribution in [0, 0.1) is 0 Å².